The first-order valence-corrected chi connectivity index (χ1v) is 5.98. The van der Waals surface area contributed by atoms with Crippen molar-refractivity contribution in [2.75, 3.05) is 20.3 Å². The Balaban J connectivity index is 2.33. The quantitative estimate of drug-likeness (QED) is 0.811. The van der Waals surface area contributed by atoms with Crippen LogP contribution in [0.15, 0.2) is 12.1 Å². The van der Waals surface area contributed by atoms with Crippen molar-refractivity contribution in [2.45, 2.75) is 19.1 Å². The molecule has 0 saturated heterocycles. The van der Waals surface area contributed by atoms with Gasteiger partial charge in [-0.25, -0.2) is 0 Å². The standard InChI is InChI=1S/C10H16ClNO2S/c1-7(9-3-4-10(11)15-9)12-5-8(13)6-14-2/h3-4,7-8,12-13H,5-6H2,1-2H3. The Hall–Kier alpha value is -0.130. The highest BCUT2D eigenvalue weighted by molar-refractivity contribution is 7.16. The molecular formula is C10H16ClNO2S. The van der Waals surface area contributed by atoms with Gasteiger partial charge in [0.15, 0.2) is 0 Å². The van der Waals surface area contributed by atoms with E-state index in [9.17, 15) is 5.11 Å². The molecule has 0 spiro atoms. The Bertz CT molecular complexity index is 293. The van der Waals surface area contributed by atoms with E-state index >= 15 is 0 Å². The number of methoxy groups -OCH3 is 1. The first-order chi connectivity index (χ1) is 7.13. The van der Waals surface area contributed by atoms with E-state index in [2.05, 4.69) is 5.32 Å². The van der Waals surface area contributed by atoms with Crippen molar-refractivity contribution in [2.24, 2.45) is 0 Å². The molecule has 0 fully saturated rings. The average molecular weight is 250 g/mol. The molecule has 0 aliphatic carbocycles. The van der Waals surface area contributed by atoms with E-state index in [1.807, 2.05) is 19.1 Å². The number of aliphatic hydroxyl groups excluding tert-OH is 1. The lowest BCUT2D eigenvalue weighted by Gasteiger charge is -2.15. The molecule has 1 aromatic rings. The fraction of sp³-hybridized carbons (Fsp3) is 0.600. The Labute approximate surface area is 99.0 Å². The van der Waals surface area contributed by atoms with Crippen LogP contribution in [0, 0.1) is 0 Å². The maximum atomic E-state index is 9.44. The van der Waals surface area contributed by atoms with Gasteiger partial charge in [-0.1, -0.05) is 11.6 Å². The van der Waals surface area contributed by atoms with Crippen LogP contribution in [0.1, 0.15) is 17.8 Å². The lowest BCUT2D eigenvalue weighted by atomic mass is 10.2. The van der Waals surface area contributed by atoms with Crippen LogP contribution in [-0.2, 0) is 4.74 Å². The zero-order valence-electron chi connectivity index (χ0n) is 8.87. The second-order valence-corrected chi connectivity index (χ2v) is 5.13. The molecule has 86 valence electrons. The normalized spacial score (nSPS) is 15.2. The number of hydrogen-bond donors (Lipinski definition) is 2. The molecule has 2 N–H and O–H groups in total. The Kier molecular flexibility index (Phi) is 5.56. The maximum Gasteiger partial charge on any atom is 0.0931 e. The zero-order valence-corrected chi connectivity index (χ0v) is 10.4. The summed E-state index contributed by atoms with van der Waals surface area (Å²) in [6.45, 7) is 2.91. The smallest absolute Gasteiger partial charge is 0.0931 e. The molecule has 0 aromatic carbocycles. The predicted octanol–water partition coefficient (Wildman–Crippen LogP) is 2.06. The first-order valence-electron chi connectivity index (χ1n) is 4.79. The van der Waals surface area contributed by atoms with Crippen LogP contribution in [0.5, 0.6) is 0 Å². The summed E-state index contributed by atoms with van der Waals surface area (Å²) in [5, 5.41) is 12.7. The number of halogens is 1. The molecule has 15 heavy (non-hydrogen) atoms. The Morgan fingerprint density at radius 3 is 2.87 bits per heavy atom. The molecule has 0 radical (unpaired) electrons. The van der Waals surface area contributed by atoms with Crippen LogP contribution in [-0.4, -0.2) is 31.5 Å². The SMILES string of the molecule is COCC(O)CNC(C)c1ccc(Cl)s1. The van der Waals surface area contributed by atoms with E-state index in [1.54, 1.807) is 18.4 Å². The average Bonchev–Trinajstić information content (AvgIpc) is 2.62. The second kappa shape index (κ2) is 6.45. The predicted molar refractivity (Wildman–Crippen MR) is 63.6 cm³/mol. The van der Waals surface area contributed by atoms with Gasteiger partial charge in [0.25, 0.3) is 0 Å². The molecule has 0 aliphatic rings. The molecular weight excluding hydrogens is 234 g/mol. The second-order valence-electron chi connectivity index (χ2n) is 3.38. The third kappa shape index (κ3) is 4.49. The van der Waals surface area contributed by atoms with Crippen LogP contribution in [0.3, 0.4) is 0 Å². The summed E-state index contributed by atoms with van der Waals surface area (Å²) in [5.41, 5.74) is 0. The molecule has 1 rings (SSSR count). The van der Waals surface area contributed by atoms with Gasteiger partial charge in [0.05, 0.1) is 17.0 Å². The lowest BCUT2D eigenvalue weighted by molar-refractivity contribution is 0.0631. The summed E-state index contributed by atoms with van der Waals surface area (Å²) in [5.74, 6) is 0. The molecule has 1 aromatic heterocycles. The zero-order chi connectivity index (χ0) is 11.3. The van der Waals surface area contributed by atoms with Crippen molar-refractivity contribution in [3.8, 4) is 0 Å². The van der Waals surface area contributed by atoms with E-state index in [4.69, 9.17) is 16.3 Å². The van der Waals surface area contributed by atoms with Crippen LogP contribution >= 0.6 is 22.9 Å². The van der Waals surface area contributed by atoms with Gasteiger partial charge in [-0.15, -0.1) is 11.3 Å². The van der Waals surface area contributed by atoms with E-state index in [1.165, 1.54) is 4.88 Å². The van der Waals surface area contributed by atoms with Gasteiger partial charge >= 0.3 is 0 Å². The molecule has 3 nitrogen and oxygen atoms in total. The number of nitrogens with one attached hydrogen (secondary N) is 1. The van der Waals surface area contributed by atoms with Gasteiger partial charge < -0.3 is 15.2 Å². The summed E-state index contributed by atoms with van der Waals surface area (Å²) in [6, 6.07) is 4.08. The summed E-state index contributed by atoms with van der Waals surface area (Å²) in [4.78, 5) is 1.17. The maximum absolute atomic E-state index is 9.44. The summed E-state index contributed by atoms with van der Waals surface area (Å²) in [6.07, 6.45) is -0.465. The van der Waals surface area contributed by atoms with Crippen molar-refractivity contribution >= 4 is 22.9 Å². The number of aliphatic hydroxyl groups is 1. The van der Waals surface area contributed by atoms with Crippen molar-refractivity contribution in [3.63, 3.8) is 0 Å². The minimum absolute atomic E-state index is 0.203. The van der Waals surface area contributed by atoms with Crippen molar-refractivity contribution in [1.82, 2.24) is 5.32 Å². The van der Waals surface area contributed by atoms with Crippen molar-refractivity contribution in [1.29, 1.82) is 0 Å². The molecule has 1 heterocycles. The summed E-state index contributed by atoms with van der Waals surface area (Å²) >= 11 is 7.39. The molecule has 0 bridgehead atoms. The van der Waals surface area contributed by atoms with E-state index in [0.717, 1.165) is 4.34 Å². The fourth-order valence-corrected chi connectivity index (χ4v) is 2.31. The molecule has 0 aliphatic heterocycles. The molecule has 0 amide bonds. The van der Waals surface area contributed by atoms with E-state index in [0.29, 0.717) is 13.2 Å². The van der Waals surface area contributed by atoms with Gasteiger partial charge in [0.2, 0.25) is 0 Å². The summed E-state index contributed by atoms with van der Waals surface area (Å²) in [7, 11) is 1.58. The topological polar surface area (TPSA) is 41.5 Å². The van der Waals surface area contributed by atoms with Gasteiger partial charge in [-0.3, -0.25) is 0 Å². The third-order valence-corrected chi connectivity index (χ3v) is 3.45. The van der Waals surface area contributed by atoms with Gasteiger partial charge in [0.1, 0.15) is 0 Å². The van der Waals surface area contributed by atoms with Gasteiger partial charge in [-0.05, 0) is 19.1 Å². The third-order valence-electron chi connectivity index (χ3n) is 2.04. The monoisotopic (exact) mass is 249 g/mol. The van der Waals surface area contributed by atoms with E-state index < -0.39 is 6.10 Å². The summed E-state index contributed by atoms with van der Waals surface area (Å²) < 4.78 is 5.63. The van der Waals surface area contributed by atoms with E-state index in [-0.39, 0.29) is 6.04 Å². The van der Waals surface area contributed by atoms with Crippen molar-refractivity contribution in [3.05, 3.63) is 21.3 Å². The minimum atomic E-state index is -0.465. The molecule has 5 heteroatoms. The number of thiophene rings is 1. The van der Waals surface area contributed by atoms with Crippen LogP contribution in [0.4, 0.5) is 0 Å². The number of rotatable bonds is 6. The highest BCUT2D eigenvalue weighted by atomic mass is 35.5. The number of hydrogen-bond acceptors (Lipinski definition) is 4. The van der Waals surface area contributed by atoms with Crippen LogP contribution < -0.4 is 5.32 Å². The highest BCUT2D eigenvalue weighted by Crippen LogP contribution is 2.26. The van der Waals surface area contributed by atoms with Crippen LogP contribution in [0.2, 0.25) is 4.34 Å². The Morgan fingerprint density at radius 1 is 1.60 bits per heavy atom. The van der Waals surface area contributed by atoms with Gasteiger partial charge in [0, 0.05) is 24.6 Å². The molecule has 2 atom stereocenters. The number of ether oxygens (including phenoxy) is 1. The lowest BCUT2D eigenvalue weighted by Crippen LogP contribution is -2.31. The molecule has 2 unspecified atom stereocenters. The van der Waals surface area contributed by atoms with Gasteiger partial charge in [-0.2, -0.15) is 0 Å². The first kappa shape index (κ1) is 12.9. The minimum Gasteiger partial charge on any atom is -0.389 e. The Morgan fingerprint density at radius 2 is 2.33 bits per heavy atom. The van der Waals surface area contributed by atoms with Crippen LogP contribution in [0.25, 0.3) is 0 Å². The van der Waals surface area contributed by atoms with Crippen molar-refractivity contribution < 1.29 is 9.84 Å². The largest absolute Gasteiger partial charge is 0.389 e. The highest BCUT2D eigenvalue weighted by Gasteiger charge is 2.10. The molecule has 0 saturated carbocycles. The fourth-order valence-electron chi connectivity index (χ4n) is 1.23.